The largest absolute Gasteiger partial charge is 0.497 e. The summed E-state index contributed by atoms with van der Waals surface area (Å²) < 4.78 is 49.5. The normalized spacial score (nSPS) is 13.4. The summed E-state index contributed by atoms with van der Waals surface area (Å²) in [6.45, 7) is 4.30. The molecule has 5 nitrogen and oxygen atoms in total. The van der Waals surface area contributed by atoms with Gasteiger partial charge in [0.2, 0.25) is 0 Å². The maximum Gasteiger partial charge on any atom is 0.412 e. The zero-order valence-electron chi connectivity index (χ0n) is 13.5. The smallest absolute Gasteiger partial charge is 0.412 e. The van der Waals surface area contributed by atoms with E-state index in [1.54, 1.807) is 20.8 Å². The summed E-state index contributed by atoms with van der Waals surface area (Å²) in [6, 6.07) is 3.98. The number of nitrogens with one attached hydrogen (secondary N) is 1. The first-order valence-electron chi connectivity index (χ1n) is 6.92. The molecular formula is C15H21F3N2O3. The summed E-state index contributed by atoms with van der Waals surface area (Å²) in [5, 5.41) is 2.33. The Balaban J connectivity index is 3.19. The number of hydrogen-bond donors (Lipinski definition) is 2. The van der Waals surface area contributed by atoms with Crippen molar-refractivity contribution in [1.82, 2.24) is 0 Å². The van der Waals surface area contributed by atoms with Crippen LogP contribution in [0.15, 0.2) is 18.2 Å². The van der Waals surface area contributed by atoms with Crippen molar-refractivity contribution in [3.63, 3.8) is 0 Å². The van der Waals surface area contributed by atoms with Crippen molar-refractivity contribution >= 4 is 11.8 Å². The van der Waals surface area contributed by atoms with Gasteiger partial charge in [0.1, 0.15) is 11.4 Å². The van der Waals surface area contributed by atoms with Gasteiger partial charge in [-0.3, -0.25) is 5.32 Å². The van der Waals surface area contributed by atoms with Crippen molar-refractivity contribution in [2.24, 2.45) is 5.73 Å². The molecule has 1 atom stereocenters. The second-order valence-corrected chi connectivity index (χ2v) is 5.91. The van der Waals surface area contributed by atoms with Crippen LogP contribution in [0, 0.1) is 0 Å². The van der Waals surface area contributed by atoms with Gasteiger partial charge in [-0.15, -0.1) is 0 Å². The number of anilines is 1. The maximum atomic E-state index is 13.2. The third-order valence-corrected chi connectivity index (χ3v) is 2.90. The van der Waals surface area contributed by atoms with E-state index in [9.17, 15) is 18.0 Å². The lowest BCUT2D eigenvalue weighted by Gasteiger charge is -2.24. The zero-order chi connectivity index (χ0) is 17.8. The molecule has 0 bridgehead atoms. The van der Waals surface area contributed by atoms with Crippen molar-refractivity contribution < 1.29 is 27.4 Å². The van der Waals surface area contributed by atoms with Crippen LogP contribution in [-0.4, -0.2) is 31.5 Å². The lowest BCUT2D eigenvalue weighted by atomic mass is 9.96. The molecule has 0 saturated heterocycles. The van der Waals surface area contributed by atoms with Crippen molar-refractivity contribution in [2.45, 2.75) is 38.5 Å². The number of hydrogen-bond acceptors (Lipinski definition) is 4. The van der Waals surface area contributed by atoms with Gasteiger partial charge in [0.15, 0.2) is 0 Å². The van der Waals surface area contributed by atoms with E-state index in [1.807, 2.05) is 0 Å². The van der Waals surface area contributed by atoms with Crippen molar-refractivity contribution in [2.75, 3.05) is 19.0 Å². The van der Waals surface area contributed by atoms with Gasteiger partial charge < -0.3 is 15.2 Å². The highest BCUT2D eigenvalue weighted by Crippen LogP contribution is 2.39. The molecule has 1 amide bonds. The van der Waals surface area contributed by atoms with E-state index in [4.69, 9.17) is 15.2 Å². The minimum absolute atomic E-state index is 0.0205. The number of alkyl halides is 3. The Morgan fingerprint density at radius 1 is 1.30 bits per heavy atom. The molecule has 23 heavy (non-hydrogen) atoms. The predicted octanol–water partition coefficient (Wildman–Crippen LogP) is 3.65. The number of ether oxygens (including phenoxy) is 2. The second kappa shape index (κ2) is 7.08. The Kier molecular flexibility index (Phi) is 5.87. The Morgan fingerprint density at radius 3 is 2.35 bits per heavy atom. The molecular weight excluding hydrogens is 313 g/mol. The summed E-state index contributed by atoms with van der Waals surface area (Å²) >= 11 is 0. The lowest BCUT2D eigenvalue weighted by Crippen LogP contribution is -2.31. The first-order valence-corrected chi connectivity index (χ1v) is 6.92. The summed E-state index contributed by atoms with van der Waals surface area (Å²) in [5.41, 5.74) is 4.31. The van der Waals surface area contributed by atoms with Crippen LogP contribution in [0.1, 0.15) is 32.3 Å². The van der Waals surface area contributed by atoms with Crippen molar-refractivity contribution in [3.8, 4) is 5.75 Å². The Labute approximate surface area is 132 Å². The van der Waals surface area contributed by atoms with Gasteiger partial charge in [0, 0.05) is 12.2 Å². The van der Waals surface area contributed by atoms with E-state index in [0.717, 1.165) is 0 Å². The van der Waals surface area contributed by atoms with E-state index in [1.165, 1.54) is 25.3 Å². The Bertz CT molecular complexity index is 554. The maximum absolute atomic E-state index is 13.2. The van der Waals surface area contributed by atoms with Crippen LogP contribution in [-0.2, 0) is 4.74 Å². The number of amides is 1. The minimum atomic E-state index is -4.55. The number of halogens is 3. The first kappa shape index (κ1) is 19.1. The number of rotatable bonds is 4. The Morgan fingerprint density at radius 2 is 1.91 bits per heavy atom. The average molecular weight is 334 g/mol. The molecule has 0 radical (unpaired) electrons. The molecule has 0 aliphatic rings. The molecule has 3 N–H and O–H groups in total. The third kappa shape index (κ3) is 5.63. The highest BCUT2D eigenvalue weighted by Gasteiger charge is 2.41. The average Bonchev–Trinajstić information content (AvgIpc) is 2.37. The molecule has 1 aromatic carbocycles. The standard InChI is InChI=1S/C15H21F3N2O3/c1-14(2,3)23-13(21)20-12-6-5-9(22-4)7-10(12)11(8-19)15(16,17)18/h5-7,11H,8,19H2,1-4H3,(H,20,21). The van der Waals surface area contributed by atoms with Gasteiger partial charge in [0.25, 0.3) is 0 Å². The van der Waals surface area contributed by atoms with Crippen LogP contribution in [0.2, 0.25) is 0 Å². The van der Waals surface area contributed by atoms with Crippen LogP contribution >= 0.6 is 0 Å². The molecule has 0 aliphatic carbocycles. The fraction of sp³-hybridized carbons (Fsp3) is 0.533. The highest BCUT2D eigenvalue weighted by molar-refractivity contribution is 5.86. The zero-order valence-corrected chi connectivity index (χ0v) is 13.5. The van der Waals surface area contributed by atoms with Crippen LogP contribution in [0.5, 0.6) is 5.75 Å². The number of benzene rings is 1. The minimum Gasteiger partial charge on any atom is -0.497 e. The first-order chi connectivity index (χ1) is 10.5. The molecule has 8 heteroatoms. The quantitative estimate of drug-likeness (QED) is 0.881. The number of nitrogens with two attached hydrogens (primary N) is 1. The van der Waals surface area contributed by atoms with E-state index in [2.05, 4.69) is 5.32 Å². The summed E-state index contributed by atoms with van der Waals surface area (Å²) in [4.78, 5) is 11.8. The highest BCUT2D eigenvalue weighted by atomic mass is 19.4. The van der Waals surface area contributed by atoms with Crippen LogP contribution in [0.3, 0.4) is 0 Å². The molecule has 1 unspecified atom stereocenters. The van der Waals surface area contributed by atoms with Crippen LogP contribution < -0.4 is 15.8 Å². The SMILES string of the molecule is COc1ccc(NC(=O)OC(C)(C)C)c(C(CN)C(F)(F)F)c1. The topological polar surface area (TPSA) is 73.6 Å². The molecule has 0 fully saturated rings. The molecule has 0 spiro atoms. The fourth-order valence-corrected chi connectivity index (χ4v) is 1.92. The summed E-state index contributed by atoms with van der Waals surface area (Å²) in [7, 11) is 1.34. The molecule has 1 aromatic rings. The van der Waals surface area contributed by atoms with E-state index < -0.39 is 30.3 Å². The van der Waals surface area contributed by atoms with E-state index in [-0.39, 0.29) is 17.0 Å². The van der Waals surface area contributed by atoms with Gasteiger partial charge >= 0.3 is 12.3 Å². The number of carbonyl (C=O) groups is 1. The van der Waals surface area contributed by atoms with Crippen LogP contribution in [0.4, 0.5) is 23.7 Å². The van der Waals surface area contributed by atoms with Crippen molar-refractivity contribution in [1.29, 1.82) is 0 Å². The van der Waals surface area contributed by atoms with Gasteiger partial charge in [-0.1, -0.05) is 0 Å². The summed E-state index contributed by atoms with van der Waals surface area (Å²) in [6.07, 6.45) is -5.40. The molecule has 0 saturated carbocycles. The fourth-order valence-electron chi connectivity index (χ4n) is 1.92. The third-order valence-electron chi connectivity index (χ3n) is 2.90. The molecule has 0 aromatic heterocycles. The van der Waals surface area contributed by atoms with Gasteiger partial charge in [-0.25, -0.2) is 4.79 Å². The molecule has 130 valence electrons. The number of carbonyl (C=O) groups excluding carboxylic acids is 1. The van der Waals surface area contributed by atoms with Gasteiger partial charge in [-0.2, -0.15) is 13.2 Å². The summed E-state index contributed by atoms with van der Waals surface area (Å²) in [5.74, 6) is -1.69. The molecule has 1 rings (SSSR count). The van der Waals surface area contributed by atoms with E-state index >= 15 is 0 Å². The van der Waals surface area contributed by atoms with Crippen molar-refractivity contribution in [3.05, 3.63) is 23.8 Å². The van der Waals surface area contributed by atoms with Gasteiger partial charge in [-0.05, 0) is 44.5 Å². The molecule has 0 aliphatic heterocycles. The van der Waals surface area contributed by atoms with Gasteiger partial charge in [0.05, 0.1) is 13.0 Å². The second-order valence-electron chi connectivity index (χ2n) is 5.91. The van der Waals surface area contributed by atoms with E-state index in [0.29, 0.717) is 0 Å². The Hall–Kier alpha value is -1.96. The monoisotopic (exact) mass is 334 g/mol. The number of methoxy groups -OCH3 is 1. The molecule has 0 heterocycles. The lowest BCUT2D eigenvalue weighted by molar-refractivity contribution is -0.148. The predicted molar refractivity (Wildman–Crippen MR) is 80.7 cm³/mol. The van der Waals surface area contributed by atoms with Crippen LogP contribution in [0.25, 0.3) is 0 Å².